The summed E-state index contributed by atoms with van der Waals surface area (Å²) in [6, 6.07) is 9.95. The smallest absolute Gasteiger partial charge is 0.264 e. The molecule has 1 fully saturated rings. The molecule has 0 aromatic heterocycles. The molecule has 124 valence electrons. The van der Waals surface area contributed by atoms with E-state index < -0.39 is 27.3 Å². The second-order valence-corrected chi connectivity index (χ2v) is 8.84. The van der Waals surface area contributed by atoms with E-state index in [0.29, 0.717) is 6.42 Å². The average molecular weight is 346 g/mol. The van der Waals surface area contributed by atoms with Gasteiger partial charge in [0.1, 0.15) is 11.0 Å². The summed E-state index contributed by atoms with van der Waals surface area (Å²) in [4.78, 5) is 0.670. The highest BCUT2D eigenvalue weighted by Crippen LogP contribution is 2.42. The van der Waals surface area contributed by atoms with Crippen molar-refractivity contribution in [3.8, 4) is 0 Å². The van der Waals surface area contributed by atoms with E-state index in [0.717, 1.165) is 24.0 Å². The fourth-order valence-electron chi connectivity index (χ4n) is 2.45. The van der Waals surface area contributed by atoms with Crippen molar-refractivity contribution in [3.05, 3.63) is 30.3 Å². The number of rotatable bonds is 6. The Morgan fingerprint density at radius 1 is 1.45 bits per heavy atom. The maximum Gasteiger partial charge on any atom is 0.264 e. The van der Waals surface area contributed by atoms with Gasteiger partial charge in [0.2, 0.25) is 0 Å². The SMILES string of the molecule is CC1(Sc2ccccc2)CCC[C@@H]([C@@H](O)COS(C)(=O)=O)O1. The summed E-state index contributed by atoms with van der Waals surface area (Å²) in [5.74, 6) is 0. The molecule has 1 N–H and O–H groups in total. The van der Waals surface area contributed by atoms with E-state index in [1.54, 1.807) is 11.8 Å². The van der Waals surface area contributed by atoms with Crippen LogP contribution in [0.5, 0.6) is 0 Å². The third-order valence-electron chi connectivity index (χ3n) is 3.48. The zero-order valence-corrected chi connectivity index (χ0v) is 14.4. The van der Waals surface area contributed by atoms with E-state index in [1.165, 1.54) is 0 Å². The first-order valence-corrected chi connectivity index (χ1v) is 9.85. The molecule has 0 bridgehead atoms. The molecule has 1 unspecified atom stereocenters. The van der Waals surface area contributed by atoms with E-state index >= 15 is 0 Å². The Morgan fingerprint density at radius 3 is 2.77 bits per heavy atom. The van der Waals surface area contributed by atoms with Crippen LogP contribution in [0.25, 0.3) is 0 Å². The quantitative estimate of drug-likeness (QED) is 0.798. The lowest BCUT2D eigenvalue weighted by atomic mass is 10.0. The lowest BCUT2D eigenvalue weighted by Crippen LogP contribution is -2.43. The Labute approximate surface area is 136 Å². The van der Waals surface area contributed by atoms with Crippen molar-refractivity contribution in [1.29, 1.82) is 0 Å². The van der Waals surface area contributed by atoms with Crippen LogP contribution in [-0.4, -0.2) is 43.5 Å². The minimum atomic E-state index is -3.56. The summed E-state index contributed by atoms with van der Waals surface area (Å²) in [6.07, 6.45) is 2.08. The van der Waals surface area contributed by atoms with Crippen LogP contribution >= 0.6 is 11.8 Å². The molecular weight excluding hydrogens is 324 g/mol. The Hall–Kier alpha value is -0.600. The third-order valence-corrected chi connectivity index (χ3v) is 5.28. The molecule has 0 aliphatic carbocycles. The summed E-state index contributed by atoms with van der Waals surface area (Å²) in [5.41, 5.74) is 0. The number of aliphatic hydroxyl groups excluding tert-OH is 1. The summed E-state index contributed by atoms with van der Waals surface area (Å²) in [5, 5.41) is 10.1. The van der Waals surface area contributed by atoms with Crippen molar-refractivity contribution in [3.63, 3.8) is 0 Å². The minimum Gasteiger partial charge on any atom is -0.388 e. The number of aliphatic hydroxyl groups is 1. The van der Waals surface area contributed by atoms with Crippen molar-refractivity contribution in [1.82, 2.24) is 0 Å². The molecule has 3 atom stereocenters. The molecule has 1 aromatic carbocycles. The van der Waals surface area contributed by atoms with Gasteiger partial charge in [-0.3, -0.25) is 4.18 Å². The molecular formula is C15H22O5S2. The average Bonchev–Trinajstić information content (AvgIpc) is 2.44. The second-order valence-electron chi connectivity index (χ2n) is 5.65. The molecule has 1 aromatic rings. The first kappa shape index (κ1) is 17.7. The van der Waals surface area contributed by atoms with Crippen LogP contribution in [0.1, 0.15) is 26.2 Å². The van der Waals surface area contributed by atoms with Gasteiger partial charge in [0, 0.05) is 4.90 Å². The minimum absolute atomic E-state index is 0.268. The number of thioether (sulfide) groups is 1. The van der Waals surface area contributed by atoms with E-state index in [2.05, 4.69) is 4.18 Å². The third kappa shape index (κ3) is 5.55. The fourth-order valence-corrected chi connectivity index (χ4v) is 4.04. The predicted molar refractivity (Wildman–Crippen MR) is 86.2 cm³/mol. The zero-order chi connectivity index (χ0) is 16.2. The van der Waals surface area contributed by atoms with Crippen LogP contribution in [0, 0.1) is 0 Å². The van der Waals surface area contributed by atoms with Gasteiger partial charge in [0.25, 0.3) is 10.1 Å². The standard InChI is InChI=1S/C15H22O5S2/c1-15(21-12-7-4-3-5-8-12)10-6-9-14(20-15)13(16)11-19-22(2,17)18/h3-5,7-8,13-14,16H,6,9-11H2,1-2H3/t13-,14-,15?/m0/s1. The van der Waals surface area contributed by atoms with E-state index in [-0.39, 0.29) is 6.61 Å². The van der Waals surface area contributed by atoms with E-state index in [4.69, 9.17) is 4.74 Å². The van der Waals surface area contributed by atoms with Crippen molar-refractivity contribution in [2.75, 3.05) is 12.9 Å². The topological polar surface area (TPSA) is 72.8 Å². The summed E-state index contributed by atoms with van der Waals surface area (Å²) < 4.78 is 32.7. The van der Waals surface area contributed by atoms with Crippen LogP contribution in [0.15, 0.2) is 35.2 Å². The molecule has 7 heteroatoms. The van der Waals surface area contributed by atoms with Gasteiger partial charge in [-0.2, -0.15) is 8.42 Å². The van der Waals surface area contributed by atoms with Crippen molar-refractivity contribution < 1.29 is 22.4 Å². The largest absolute Gasteiger partial charge is 0.388 e. The molecule has 0 saturated carbocycles. The fraction of sp³-hybridized carbons (Fsp3) is 0.600. The van der Waals surface area contributed by atoms with Gasteiger partial charge in [-0.1, -0.05) is 30.0 Å². The molecule has 0 amide bonds. The molecule has 1 aliphatic rings. The second kappa shape index (κ2) is 7.31. The van der Waals surface area contributed by atoms with Crippen LogP contribution < -0.4 is 0 Å². The first-order valence-electron chi connectivity index (χ1n) is 7.22. The molecule has 2 rings (SSSR count). The summed E-state index contributed by atoms with van der Waals surface area (Å²) in [6.45, 7) is 1.73. The van der Waals surface area contributed by atoms with Gasteiger partial charge in [-0.05, 0) is 38.3 Å². The molecule has 1 heterocycles. The van der Waals surface area contributed by atoms with Gasteiger partial charge in [-0.15, -0.1) is 0 Å². The van der Waals surface area contributed by atoms with Gasteiger partial charge in [0.15, 0.2) is 0 Å². The van der Waals surface area contributed by atoms with Crippen LogP contribution in [-0.2, 0) is 19.0 Å². The van der Waals surface area contributed by atoms with Crippen molar-refractivity contribution in [2.45, 2.75) is 48.2 Å². The maximum absolute atomic E-state index is 11.0. The first-order chi connectivity index (χ1) is 10.3. The Bertz CT molecular complexity index is 575. The molecule has 1 saturated heterocycles. The molecule has 1 aliphatic heterocycles. The van der Waals surface area contributed by atoms with Crippen molar-refractivity contribution >= 4 is 21.9 Å². The highest BCUT2D eigenvalue weighted by atomic mass is 32.2. The number of hydrogen-bond donors (Lipinski definition) is 1. The van der Waals surface area contributed by atoms with Crippen LogP contribution in [0.3, 0.4) is 0 Å². The normalized spacial score (nSPS) is 27.5. The molecule has 0 radical (unpaired) electrons. The maximum atomic E-state index is 11.0. The van der Waals surface area contributed by atoms with Gasteiger partial charge < -0.3 is 9.84 Å². The summed E-state index contributed by atoms with van der Waals surface area (Å²) in [7, 11) is -3.56. The lowest BCUT2D eigenvalue weighted by Gasteiger charge is -2.39. The van der Waals surface area contributed by atoms with Gasteiger partial charge in [-0.25, -0.2) is 0 Å². The van der Waals surface area contributed by atoms with Crippen LogP contribution in [0.4, 0.5) is 0 Å². The zero-order valence-electron chi connectivity index (χ0n) is 12.8. The predicted octanol–water partition coefficient (Wildman–Crippen LogP) is 2.40. The van der Waals surface area contributed by atoms with Gasteiger partial charge in [0.05, 0.1) is 19.0 Å². The molecule has 5 nitrogen and oxygen atoms in total. The van der Waals surface area contributed by atoms with E-state index in [9.17, 15) is 13.5 Å². The monoisotopic (exact) mass is 346 g/mol. The summed E-state index contributed by atoms with van der Waals surface area (Å²) >= 11 is 1.62. The Kier molecular flexibility index (Phi) is 5.90. The number of hydrogen-bond acceptors (Lipinski definition) is 6. The van der Waals surface area contributed by atoms with Crippen LogP contribution in [0.2, 0.25) is 0 Å². The highest BCUT2D eigenvalue weighted by molar-refractivity contribution is 8.00. The molecule has 0 spiro atoms. The Morgan fingerprint density at radius 2 is 2.14 bits per heavy atom. The highest BCUT2D eigenvalue weighted by Gasteiger charge is 2.37. The van der Waals surface area contributed by atoms with E-state index in [1.807, 2.05) is 37.3 Å². The lowest BCUT2D eigenvalue weighted by molar-refractivity contribution is -0.122. The number of ether oxygens (including phenoxy) is 1. The molecule has 22 heavy (non-hydrogen) atoms. The number of benzene rings is 1. The van der Waals surface area contributed by atoms with Gasteiger partial charge >= 0.3 is 0 Å². The van der Waals surface area contributed by atoms with Crippen molar-refractivity contribution in [2.24, 2.45) is 0 Å². The Balaban J connectivity index is 1.95.